The van der Waals surface area contributed by atoms with E-state index in [1.165, 1.54) is 6.08 Å². The number of esters is 1. The van der Waals surface area contributed by atoms with Gasteiger partial charge < -0.3 is 9.64 Å². The van der Waals surface area contributed by atoms with Gasteiger partial charge in [-0.2, -0.15) is 0 Å². The molecule has 0 saturated carbocycles. The summed E-state index contributed by atoms with van der Waals surface area (Å²) in [4.78, 5) is 25.9. The van der Waals surface area contributed by atoms with Gasteiger partial charge in [-0.1, -0.05) is 37.3 Å². The Bertz CT molecular complexity index is 746. The molecule has 0 saturated heterocycles. The van der Waals surface area contributed by atoms with Crippen molar-refractivity contribution in [2.24, 2.45) is 0 Å². The van der Waals surface area contributed by atoms with E-state index in [9.17, 15) is 9.59 Å². The van der Waals surface area contributed by atoms with E-state index in [4.69, 9.17) is 4.74 Å². The Morgan fingerprint density at radius 2 is 1.71 bits per heavy atom. The lowest BCUT2D eigenvalue weighted by Crippen LogP contribution is -2.09. The standard InChI is InChI=1S/C20H21NO3/c1-4-20(23)24-19-8-6-5-7-17(19)18(22)14-11-15-9-12-16(13-10-15)21(2)3/h5-14H,4H2,1-3H3/b14-11+. The van der Waals surface area contributed by atoms with Crippen molar-refractivity contribution in [2.45, 2.75) is 13.3 Å². The second kappa shape index (κ2) is 8.11. The van der Waals surface area contributed by atoms with E-state index in [-0.39, 0.29) is 18.2 Å². The molecular weight excluding hydrogens is 302 g/mol. The summed E-state index contributed by atoms with van der Waals surface area (Å²) in [5.74, 6) is -0.272. The first-order chi connectivity index (χ1) is 11.5. The first-order valence-corrected chi connectivity index (χ1v) is 7.80. The number of nitrogens with zero attached hydrogens (tertiary/aromatic N) is 1. The van der Waals surface area contributed by atoms with Crippen molar-refractivity contribution in [1.29, 1.82) is 0 Å². The quantitative estimate of drug-likeness (QED) is 0.349. The molecular formula is C20H21NO3. The molecule has 0 aliphatic heterocycles. The zero-order valence-electron chi connectivity index (χ0n) is 14.2. The van der Waals surface area contributed by atoms with Crippen molar-refractivity contribution in [3.63, 3.8) is 0 Å². The predicted molar refractivity (Wildman–Crippen MR) is 96.5 cm³/mol. The highest BCUT2D eigenvalue weighted by Crippen LogP contribution is 2.20. The van der Waals surface area contributed by atoms with Gasteiger partial charge in [-0.3, -0.25) is 9.59 Å². The van der Waals surface area contributed by atoms with Gasteiger partial charge in [0.25, 0.3) is 0 Å². The van der Waals surface area contributed by atoms with E-state index in [0.29, 0.717) is 11.3 Å². The Labute approximate surface area is 142 Å². The molecule has 0 N–H and O–H groups in total. The number of ether oxygens (including phenoxy) is 1. The molecule has 0 atom stereocenters. The first-order valence-electron chi connectivity index (χ1n) is 7.80. The average Bonchev–Trinajstić information content (AvgIpc) is 2.60. The van der Waals surface area contributed by atoms with Gasteiger partial charge in [-0.15, -0.1) is 0 Å². The van der Waals surface area contributed by atoms with Crippen LogP contribution in [0, 0.1) is 0 Å². The first kappa shape index (κ1) is 17.5. The number of rotatable bonds is 6. The number of carbonyl (C=O) groups is 2. The molecule has 0 fully saturated rings. The molecule has 24 heavy (non-hydrogen) atoms. The third kappa shape index (κ3) is 4.56. The smallest absolute Gasteiger partial charge is 0.310 e. The second-order valence-electron chi connectivity index (χ2n) is 5.51. The largest absolute Gasteiger partial charge is 0.426 e. The maximum absolute atomic E-state index is 12.4. The average molecular weight is 323 g/mol. The van der Waals surface area contributed by atoms with Gasteiger partial charge in [0.15, 0.2) is 5.78 Å². The van der Waals surface area contributed by atoms with Crippen LogP contribution < -0.4 is 9.64 Å². The fourth-order valence-corrected chi connectivity index (χ4v) is 2.10. The second-order valence-corrected chi connectivity index (χ2v) is 5.51. The van der Waals surface area contributed by atoms with Crippen LogP contribution in [0.1, 0.15) is 29.3 Å². The Kier molecular flexibility index (Phi) is 5.90. The lowest BCUT2D eigenvalue weighted by molar-refractivity contribution is -0.134. The Balaban J connectivity index is 2.16. The molecule has 0 heterocycles. The van der Waals surface area contributed by atoms with Crippen molar-refractivity contribution >= 4 is 23.5 Å². The number of carbonyl (C=O) groups excluding carboxylic acids is 2. The maximum Gasteiger partial charge on any atom is 0.310 e. The van der Waals surface area contributed by atoms with Gasteiger partial charge in [-0.05, 0) is 35.9 Å². The monoisotopic (exact) mass is 323 g/mol. The molecule has 0 aromatic heterocycles. The van der Waals surface area contributed by atoms with Crippen molar-refractivity contribution in [3.8, 4) is 5.75 Å². The fraction of sp³-hybridized carbons (Fsp3) is 0.200. The molecule has 2 aromatic carbocycles. The Hall–Kier alpha value is -2.88. The van der Waals surface area contributed by atoms with Gasteiger partial charge in [0.05, 0.1) is 5.56 Å². The molecule has 0 unspecified atom stereocenters. The third-order valence-electron chi connectivity index (χ3n) is 3.50. The van der Waals surface area contributed by atoms with Crippen LogP contribution in [0.4, 0.5) is 5.69 Å². The van der Waals surface area contributed by atoms with Crippen LogP contribution in [0.3, 0.4) is 0 Å². The molecule has 0 radical (unpaired) electrons. The number of ketones is 1. The molecule has 0 aliphatic rings. The number of para-hydroxylation sites is 1. The third-order valence-corrected chi connectivity index (χ3v) is 3.50. The van der Waals surface area contributed by atoms with Crippen LogP contribution in [0.2, 0.25) is 0 Å². The number of benzene rings is 2. The van der Waals surface area contributed by atoms with E-state index in [0.717, 1.165) is 11.3 Å². The summed E-state index contributed by atoms with van der Waals surface area (Å²) < 4.78 is 5.21. The summed E-state index contributed by atoms with van der Waals surface area (Å²) in [7, 11) is 3.95. The van der Waals surface area contributed by atoms with Crippen LogP contribution >= 0.6 is 0 Å². The van der Waals surface area contributed by atoms with Gasteiger partial charge in [0.1, 0.15) is 5.75 Å². The van der Waals surface area contributed by atoms with Crippen LogP contribution in [0.15, 0.2) is 54.6 Å². The topological polar surface area (TPSA) is 46.6 Å². The highest BCUT2D eigenvalue weighted by atomic mass is 16.5. The molecule has 2 rings (SSSR count). The lowest BCUT2D eigenvalue weighted by Gasteiger charge is -2.11. The highest BCUT2D eigenvalue weighted by molar-refractivity contribution is 6.09. The minimum Gasteiger partial charge on any atom is -0.426 e. The molecule has 0 aliphatic carbocycles. The number of anilines is 1. The van der Waals surface area contributed by atoms with E-state index in [1.807, 2.05) is 43.3 Å². The van der Waals surface area contributed by atoms with Crippen LogP contribution in [0.25, 0.3) is 6.08 Å². The number of hydrogen-bond donors (Lipinski definition) is 0. The minimum absolute atomic E-state index is 0.203. The van der Waals surface area contributed by atoms with Crippen LogP contribution in [-0.4, -0.2) is 25.8 Å². The number of allylic oxidation sites excluding steroid dienone is 1. The lowest BCUT2D eigenvalue weighted by atomic mass is 10.1. The number of hydrogen-bond acceptors (Lipinski definition) is 4. The van der Waals surface area contributed by atoms with Gasteiger partial charge >= 0.3 is 5.97 Å². The summed E-state index contributed by atoms with van der Waals surface area (Å²) in [5.41, 5.74) is 2.40. The summed E-state index contributed by atoms with van der Waals surface area (Å²) in [5, 5.41) is 0. The van der Waals surface area contributed by atoms with Crippen LogP contribution in [0.5, 0.6) is 5.75 Å². The highest BCUT2D eigenvalue weighted by Gasteiger charge is 2.12. The summed E-state index contributed by atoms with van der Waals surface area (Å²) in [6, 6.07) is 14.6. The van der Waals surface area contributed by atoms with Crippen molar-refractivity contribution in [1.82, 2.24) is 0 Å². The van der Waals surface area contributed by atoms with Crippen molar-refractivity contribution in [3.05, 3.63) is 65.7 Å². The maximum atomic E-state index is 12.4. The van der Waals surface area contributed by atoms with Crippen molar-refractivity contribution in [2.75, 3.05) is 19.0 Å². The molecule has 0 spiro atoms. The van der Waals surface area contributed by atoms with E-state index in [1.54, 1.807) is 37.3 Å². The van der Waals surface area contributed by atoms with E-state index in [2.05, 4.69) is 0 Å². The SMILES string of the molecule is CCC(=O)Oc1ccccc1C(=O)/C=C/c1ccc(N(C)C)cc1. The van der Waals surface area contributed by atoms with Gasteiger partial charge in [-0.25, -0.2) is 0 Å². The molecule has 2 aromatic rings. The van der Waals surface area contributed by atoms with E-state index < -0.39 is 0 Å². The predicted octanol–water partition coefficient (Wildman–Crippen LogP) is 3.96. The minimum atomic E-state index is -0.362. The van der Waals surface area contributed by atoms with E-state index >= 15 is 0 Å². The van der Waals surface area contributed by atoms with Crippen molar-refractivity contribution < 1.29 is 14.3 Å². The molecule has 0 amide bonds. The zero-order chi connectivity index (χ0) is 17.5. The summed E-state index contributed by atoms with van der Waals surface area (Å²) in [6.07, 6.45) is 3.50. The summed E-state index contributed by atoms with van der Waals surface area (Å²) in [6.45, 7) is 1.71. The zero-order valence-corrected chi connectivity index (χ0v) is 14.2. The molecule has 4 heteroatoms. The molecule has 0 bridgehead atoms. The van der Waals surface area contributed by atoms with Gasteiger partial charge in [0, 0.05) is 26.2 Å². The Morgan fingerprint density at radius 3 is 2.33 bits per heavy atom. The molecule has 124 valence electrons. The fourth-order valence-electron chi connectivity index (χ4n) is 2.10. The van der Waals surface area contributed by atoms with Gasteiger partial charge in [0.2, 0.25) is 0 Å². The van der Waals surface area contributed by atoms with Crippen LogP contribution in [-0.2, 0) is 4.79 Å². The Morgan fingerprint density at radius 1 is 1.04 bits per heavy atom. The normalized spacial score (nSPS) is 10.6. The molecule has 4 nitrogen and oxygen atoms in total. The summed E-state index contributed by atoms with van der Waals surface area (Å²) >= 11 is 0.